The fourth-order valence-electron chi connectivity index (χ4n) is 3.70. The van der Waals surface area contributed by atoms with Crippen LogP contribution in [0.5, 0.6) is 0 Å². The van der Waals surface area contributed by atoms with Crippen molar-refractivity contribution in [3.8, 4) is 0 Å². The predicted molar refractivity (Wildman–Crippen MR) is 112 cm³/mol. The minimum Gasteiger partial charge on any atom is -0.356 e. The number of halogens is 2. The van der Waals surface area contributed by atoms with Crippen LogP contribution in [0.15, 0.2) is 24.5 Å². The zero-order chi connectivity index (χ0) is 19.8. The molecule has 5 nitrogen and oxygen atoms in total. The summed E-state index contributed by atoms with van der Waals surface area (Å²) in [6, 6.07) is 4.19. The van der Waals surface area contributed by atoms with E-state index in [1.54, 1.807) is 12.4 Å². The average molecular weight is 419 g/mol. The van der Waals surface area contributed by atoms with E-state index in [1.165, 1.54) is 29.9 Å². The maximum atomic E-state index is 14.2. The lowest BCUT2D eigenvalue weighted by molar-refractivity contribution is 0.102. The Labute approximate surface area is 171 Å². The summed E-state index contributed by atoms with van der Waals surface area (Å²) in [6.45, 7) is 5.90. The van der Waals surface area contributed by atoms with E-state index in [0.29, 0.717) is 11.5 Å². The van der Waals surface area contributed by atoms with E-state index in [4.69, 9.17) is 11.6 Å². The number of nitrogens with one attached hydrogen (secondary N) is 1. The van der Waals surface area contributed by atoms with Crippen molar-refractivity contribution >= 4 is 50.6 Å². The van der Waals surface area contributed by atoms with Gasteiger partial charge in [-0.05, 0) is 43.9 Å². The molecule has 28 heavy (non-hydrogen) atoms. The quantitative estimate of drug-likeness (QED) is 0.628. The topological polar surface area (TPSA) is 58.1 Å². The van der Waals surface area contributed by atoms with Crippen molar-refractivity contribution in [3.05, 3.63) is 45.8 Å². The number of fused-ring (bicyclic) bond motifs is 1. The molecule has 0 unspecified atom stereocenters. The summed E-state index contributed by atoms with van der Waals surface area (Å²) in [5.74, 6) is 0.409. The lowest BCUT2D eigenvalue weighted by Crippen LogP contribution is -2.35. The van der Waals surface area contributed by atoms with Crippen LogP contribution in [0.25, 0.3) is 10.2 Å². The van der Waals surface area contributed by atoms with E-state index in [0.717, 1.165) is 40.4 Å². The molecule has 3 heterocycles. The van der Waals surface area contributed by atoms with Crippen LogP contribution in [0.2, 0.25) is 5.02 Å². The fourth-order valence-corrected chi connectivity index (χ4v) is 4.84. The molecule has 146 valence electrons. The monoisotopic (exact) mass is 418 g/mol. The van der Waals surface area contributed by atoms with Gasteiger partial charge in [-0.3, -0.25) is 4.79 Å². The number of thiophene rings is 1. The Bertz CT molecular complexity index is 1050. The first-order valence-electron chi connectivity index (χ1n) is 9.19. The molecule has 1 N–H and O–H groups in total. The highest BCUT2D eigenvalue weighted by atomic mass is 35.5. The van der Waals surface area contributed by atoms with Gasteiger partial charge in [-0.25, -0.2) is 14.4 Å². The van der Waals surface area contributed by atoms with Crippen molar-refractivity contribution in [1.82, 2.24) is 9.97 Å². The van der Waals surface area contributed by atoms with E-state index < -0.39 is 5.82 Å². The van der Waals surface area contributed by atoms with Crippen molar-refractivity contribution < 1.29 is 9.18 Å². The molecule has 3 aromatic rings. The van der Waals surface area contributed by atoms with E-state index in [2.05, 4.69) is 27.1 Å². The zero-order valence-corrected chi connectivity index (χ0v) is 17.2. The standard InChI is InChI=1S/C20H20ClFN4OS/c1-11-4-3-7-26(9-11)18-17-16(12(2)28-20(17)24-10-23-18)19(27)25-15-6-5-13(21)8-14(15)22/h5-6,8,10-11H,3-4,7,9H2,1-2H3,(H,25,27)/t11-/m1/s1. The summed E-state index contributed by atoms with van der Waals surface area (Å²) in [5.41, 5.74) is 0.598. The highest BCUT2D eigenvalue weighted by Gasteiger charge is 2.26. The summed E-state index contributed by atoms with van der Waals surface area (Å²) >= 11 is 7.25. The number of hydrogen-bond acceptors (Lipinski definition) is 5. The highest BCUT2D eigenvalue weighted by molar-refractivity contribution is 7.19. The van der Waals surface area contributed by atoms with Gasteiger partial charge >= 0.3 is 0 Å². The maximum Gasteiger partial charge on any atom is 0.257 e. The third kappa shape index (κ3) is 3.56. The molecule has 1 aliphatic rings. The van der Waals surface area contributed by atoms with Gasteiger partial charge in [-0.2, -0.15) is 0 Å². The third-order valence-corrected chi connectivity index (χ3v) is 6.26. The van der Waals surface area contributed by atoms with Gasteiger partial charge in [-0.1, -0.05) is 18.5 Å². The second-order valence-corrected chi connectivity index (χ2v) is 8.82. The first-order valence-corrected chi connectivity index (χ1v) is 10.4. The molecule has 0 spiro atoms. The number of aromatic nitrogens is 2. The van der Waals surface area contributed by atoms with Gasteiger partial charge in [0.15, 0.2) is 0 Å². The first kappa shape index (κ1) is 19.1. The molecule has 1 fully saturated rings. The van der Waals surface area contributed by atoms with Crippen LogP contribution in [0.3, 0.4) is 0 Å². The number of rotatable bonds is 3. The van der Waals surface area contributed by atoms with Crippen molar-refractivity contribution in [2.45, 2.75) is 26.7 Å². The Morgan fingerprint density at radius 2 is 2.21 bits per heavy atom. The van der Waals surface area contributed by atoms with E-state index >= 15 is 0 Å². The lowest BCUT2D eigenvalue weighted by atomic mass is 10.00. The van der Waals surface area contributed by atoms with Crippen LogP contribution in [-0.4, -0.2) is 29.0 Å². The van der Waals surface area contributed by atoms with Crippen LogP contribution >= 0.6 is 22.9 Å². The smallest absolute Gasteiger partial charge is 0.257 e. The SMILES string of the molecule is Cc1sc2ncnc(N3CCC[C@@H](C)C3)c2c1C(=O)Nc1ccc(Cl)cc1F. The molecule has 0 aliphatic carbocycles. The van der Waals surface area contributed by atoms with Crippen LogP contribution in [0, 0.1) is 18.7 Å². The van der Waals surface area contributed by atoms with Crippen LogP contribution < -0.4 is 10.2 Å². The Kier molecular flexibility index (Phi) is 5.21. The molecule has 4 rings (SSSR count). The number of hydrogen-bond donors (Lipinski definition) is 1. The molecule has 1 aliphatic heterocycles. The molecule has 0 radical (unpaired) electrons. The molecule has 1 saturated heterocycles. The van der Waals surface area contributed by atoms with Crippen LogP contribution in [-0.2, 0) is 0 Å². The number of carbonyl (C=O) groups is 1. The summed E-state index contributed by atoms with van der Waals surface area (Å²) in [7, 11) is 0. The molecule has 1 amide bonds. The van der Waals surface area contributed by atoms with E-state index in [-0.39, 0.29) is 16.6 Å². The lowest BCUT2D eigenvalue weighted by Gasteiger charge is -2.32. The van der Waals surface area contributed by atoms with Gasteiger partial charge < -0.3 is 10.2 Å². The number of aryl methyl sites for hydroxylation is 1. The molecular formula is C20H20ClFN4OS. The summed E-state index contributed by atoms with van der Waals surface area (Å²) in [4.78, 5) is 25.8. The average Bonchev–Trinajstić information content (AvgIpc) is 3.00. The Morgan fingerprint density at radius 1 is 1.39 bits per heavy atom. The minimum absolute atomic E-state index is 0.0955. The molecule has 0 saturated carbocycles. The molecule has 0 bridgehead atoms. The number of anilines is 2. The summed E-state index contributed by atoms with van der Waals surface area (Å²) in [5, 5.41) is 3.69. The van der Waals surface area contributed by atoms with Crippen LogP contribution in [0.1, 0.15) is 35.0 Å². The van der Waals surface area contributed by atoms with Crippen LogP contribution in [0.4, 0.5) is 15.9 Å². The Balaban J connectivity index is 1.76. The van der Waals surface area contributed by atoms with Gasteiger partial charge in [0.25, 0.3) is 5.91 Å². The number of piperidine rings is 1. The zero-order valence-electron chi connectivity index (χ0n) is 15.6. The van der Waals surface area contributed by atoms with Gasteiger partial charge in [0, 0.05) is 23.0 Å². The number of nitrogens with zero attached hydrogens (tertiary/aromatic N) is 3. The number of amides is 1. The minimum atomic E-state index is -0.570. The van der Waals surface area contributed by atoms with Crippen molar-refractivity contribution in [2.75, 3.05) is 23.3 Å². The largest absolute Gasteiger partial charge is 0.356 e. The van der Waals surface area contributed by atoms with Gasteiger partial charge in [-0.15, -0.1) is 11.3 Å². The maximum absolute atomic E-state index is 14.2. The summed E-state index contributed by atoms with van der Waals surface area (Å²) in [6.07, 6.45) is 3.83. The third-order valence-electron chi connectivity index (χ3n) is 5.01. The number of carbonyl (C=O) groups excluding carboxylic acids is 1. The van der Waals surface area contributed by atoms with Crippen molar-refractivity contribution in [2.24, 2.45) is 5.92 Å². The highest BCUT2D eigenvalue weighted by Crippen LogP contribution is 2.37. The van der Waals surface area contributed by atoms with Gasteiger partial charge in [0.2, 0.25) is 0 Å². The van der Waals surface area contributed by atoms with Gasteiger partial charge in [0.05, 0.1) is 16.6 Å². The Morgan fingerprint density at radius 3 is 2.96 bits per heavy atom. The molecule has 2 aromatic heterocycles. The fraction of sp³-hybridized carbons (Fsp3) is 0.350. The molecule has 8 heteroatoms. The van der Waals surface area contributed by atoms with Gasteiger partial charge in [0.1, 0.15) is 22.8 Å². The molecule has 1 aromatic carbocycles. The second kappa shape index (κ2) is 7.64. The van der Waals surface area contributed by atoms with Crippen molar-refractivity contribution in [1.29, 1.82) is 0 Å². The Hall–Kier alpha value is -2.25. The van der Waals surface area contributed by atoms with Crippen molar-refractivity contribution in [3.63, 3.8) is 0 Å². The van der Waals surface area contributed by atoms with E-state index in [1.807, 2.05) is 6.92 Å². The first-order chi connectivity index (χ1) is 13.4. The summed E-state index contributed by atoms with van der Waals surface area (Å²) < 4.78 is 14.2. The normalized spacial score (nSPS) is 17.1. The molecule has 1 atom stereocenters. The number of benzene rings is 1. The molecular weight excluding hydrogens is 399 g/mol. The van der Waals surface area contributed by atoms with E-state index in [9.17, 15) is 9.18 Å². The predicted octanol–water partition coefficient (Wildman–Crippen LogP) is 5.28. The second-order valence-electron chi connectivity index (χ2n) is 7.18.